The zero-order valence-corrected chi connectivity index (χ0v) is 12.4. The highest BCUT2D eigenvalue weighted by atomic mass is 32.2. The van der Waals surface area contributed by atoms with Crippen molar-refractivity contribution in [3.63, 3.8) is 0 Å². The topological polar surface area (TPSA) is 111 Å². The predicted octanol–water partition coefficient (Wildman–Crippen LogP) is -0.744. The van der Waals surface area contributed by atoms with E-state index in [0.717, 1.165) is 0 Å². The molecule has 114 valence electrons. The molecule has 1 fully saturated rings. The number of nitrogens with two attached hydrogens (primary N) is 1. The monoisotopic (exact) mass is 304 g/mol. The number of aliphatic hydroxyl groups is 1. The first-order valence-corrected chi connectivity index (χ1v) is 7.91. The van der Waals surface area contributed by atoms with Crippen LogP contribution in [0.2, 0.25) is 0 Å². The summed E-state index contributed by atoms with van der Waals surface area (Å²) in [7, 11) is -3.74. The Hall–Kier alpha value is -1.16. The lowest BCUT2D eigenvalue weighted by atomic mass is 10.2. The van der Waals surface area contributed by atoms with Gasteiger partial charge >= 0.3 is 0 Å². The molecular formula is C11H20N4O4S. The molecule has 0 saturated carbocycles. The van der Waals surface area contributed by atoms with E-state index in [1.165, 1.54) is 15.2 Å². The molecule has 0 aliphatic carbocycles. The maximum atomic E-state index is 12.7. The van der Waals surface area contributed by atoms with Crippen LogP contribution in [0.1, 0.15) is 13.8 Å². The van der Waals surface area contributed by atoms with E-state index in [9.17, 15) is 8.42 Å². The van der Waals surface area contributed by atoms with Gasteiger partial charge in [0.25, 0.3) is 0 Å². The molecule has 1 aliphatic heterocycles. The van der Waals surface area contributed by atoms with Gasteiger partial charge in [0.2, 0.25) is 10.0 Å². The van der Waals surface area contributed by atoms with Crippen molar-refractivity contribution in [2.45, 2.75) is 37.4 Å². The first-order chi connectivity index (χ1) is 9.40. The molecule has 0 bridgehead atoms. The van der Waals surface area contributed by atoms with Gasteiger partial charge in [0.15, 0.2) is 5.82 Å². The number of aryl methyl sites for hydroxylation is 1. The van der Waals surface area contributed by atoms with Gasteiger partial charge < -0.3 is 15.6 Å². The lowest BCUT2D eigenvalue weighted by Crippen LogP contribution is -2.51. The summed E-state index contributed by atoms with van der Waals surface area (Å²) in [5, 5.41) is 13.1. The second kappa shape index (κ2) is 5.68. The summed E-state index contributed by atoms with van der Waals surface area (Å²) in [5.74, 6) is -0.00825. The van der Waals surface area contributed by atoms with E-state index in [-0.39, 0.29) is 36.5 Å². The zero-order chi connectivity index (χ0) is 14.9. The van der Waals surface area contributed by atoms with Crippen LogP contribution in [0.25, 0.3) is 0 Å². The second-order valence-corrected chi connectivity index (χ2v) is 6.65. The van der Waals surface area contributed by atoms with Crippen LogP contribution in [0.5, 0.6) is 0 Å². The zero-order valence-electron chi connectivity index (χ0n) is 11.6. The maximum Gasteiger partial charge on any atom is 0.248 e. The molecule has 9 heteroatoms. The van der Waals surface area contributed by atoms with E-state index in [1.807, 2.05) is 6.92 Å². The number of nitrogens with zero attached hydrogens (tertiary/aromatic N) is 3. The van der Waals surface area contributed by atoms with Crippen molar-refractivity contribution in [3.05, 3.63) is 6.20 Å². The van der Waals surface area contributed by atoms with Crippen LogP contribution in [0.3, 0.4) is 0 Å². The normalized spacial score (nSPS) is 24.9. The first-order valence-electron chi connectivity index (χ1n) is 6.47. The van der Waals surface area contributed by atoms with Gasteiger partial charge in [0.1, 0.15) is 4.90 Å². The molecule has 2 heterocycles. The molecule has 1 aliphatic rings. The van der Waals surface area contributed by atoms with Gasteiger partial charge in [0.05, 0.1) is 19.3 Å². The van der Waals surface area contributed by atoms with Crippen molar-refractivity contribution in [3.8, 4) is 0 Å². The summed E-state index contributed by atoms with van der Waals surface area (Å²) in [5.41, 5.74) is 5.70. The number of sulfonamides is 1. The molecule has 1 saturated heterocycles. The Morgan fingerprint density at radius 3 is 2.85 bits per heavy atom. The molecule has 3 N–H and O–H groups in total. The van der Waals surface area contributed by atoms with Gasteiger partial charge in [-0.1, -0.05) is 0 Å². The summed E-state index contributed by atoms with van der Waals surface area (Å²) in [6.07, 6.45) is 0.921. The summed E-state index contributed by atoms with van der Waals surface area (Å²) in [4.78, 5) is 0.00443. The molecule has 1 aromatic rings. The third-order valence-corrected chi connectivity index (χ3v) is 5.31. The van der Waals surface area contributed by atoms with Crippen molar-refractivity contribution in [1.82, 2.24) is 14.1 Å². The van der Waals surface area contributed by atoms with Crippen LogP contribution < -0.4 is 5.73 Å². The number of aromatic nitrogens is 2. The average Bonchev–Trinajstić information content (AvgIpc) is 2.81. The highest BCUT2D eigenvalue weighted by Crippen LogP contribution is 2.25. The third-order valence-electron chi connectivity index (χ3n) is 3.32. The Morgan fingerprint density at radius 1 is 1.60 bits per heavy atom. The van der Waals surface area contributed by atoms with Crippen molar-refractivity contribution in [2.75, 3.05) is 25.5 Å². The Labute approximate surface area is 118 Å². The van der Waals surface area contributed by atoms with Gasteiger partial charge in [0, 0.05) is 25.3 Å². The van der Waals surface area contributed by atoms with Crippen LogP contribution in [0, 0.1) is 0 Å². The Morgan fingerprint density at radius 2 is 2.30 bits per heavy atom. The minimum absolute atomic E-state index is 0.00443. The van der Waals surface area contributed by atoms with Crippen LogP contribution >= 0.6 is 0 Å². The molecule has 2 rings (SSSR count). The molecule has 0 spiro atoms. The summed E-state index contributed by atoms with van der Waals surface area (Å²) in [6.45, 7) is 4.27. The SMILES string of the molecule is CCn1cc(S(=O)(=O)N2CC(CO)OCC2C)c(N)n1. The molecule has 0 aromatic carbocycles. The third kappa shape index (κ3) is 2.66. The standard InChI is InChI=1S/C11H20N4O4S/c1-3-14-5-10(11(12)13-14)20(17,18)15-4-9(6-16)19-7-8(15)2/h5,8-9,16H,3-4,6-7H2,1-2H3,(H2,12,13). The second-order valence-electron chi connectivity index (χ2n) is 4.80. The van der Waals surface area contributed by atoms with Gasteiger partial charge in [-0.2, -0.15) is 9.40 Å². The van der Waals surface area contributed by atoms with Gasteiger partial charge in [-0.3, -0.25) is 4.68 Å². The maximum absolute atomic E-state index is 12.7. The van der Waals surface area contributed by atoms with Crippen molar-refractivity contribution >= 4 is 15.8 Å². The summed E-state index contributed by atoms with van der Waals surface area (Å²) >= 11 is 0. The van der Waals surface area contributed by atoms with E-state index in [2.05, 4.69) is 5.10 Å². The Balaban J connectivity index is 2.35. The largest absolute Gasteiger partial charge is 0.394 e. The van der Waals surface area contributed by atoms with Crippen LogP contribution in [0.15, 0.2) is 11.1 Å². The van der Waals surface area contributed by atoms with E-state index in [4.69, 9.17) is 15.6 Å². The Bertz CT molecular complexity index is 571. The fourth-order valence-electron chi connectivity index (χ4n) is 2.14. The quantitative estimate of drug-likeness (QED) is 0.757. The summed E-state index contributed by atoms with van der Waals surface area (Å²) in [6, 6.07) is -0.313. The predicted molar refractivity (Wildman–Crippen MR) is 72.5 cm³/mol. The molecule has 0 amide bonds. The number of nitrogen functional groups attached to an aromatic ring is 1. The van der Waals surface area contributed by atoms with Crippen LogP contribution in [-0.4, -0.2) is 59.5 Å². The highest BCUT2D eigenvalue weighted by Gasteiger charge is 2.37. The van der Waals surface area contributed by atoms with Crippen molar-refractivity contribution < 1.29 is 18.3 Å². The average molecular weight is 304 g/mol. The first kappa shape index (κ1) is 15.2. The fraction of sp³-hybridized carbons (Fsp3) is 0.727. The number of aliphatic hydroxyl groups excluding tert-OH is 1. The lowest BCUT2D eigenvalue weighted by molar-refractivity contribution is -0.0516. The number of ether oxygens (including phenoxy) is 1. The van der Waals surface area contributed by atoms with E-state index >= 15 is 0 Å². The van der Waals surface area contributed by atoms with Gasteiger partial charge in [-0.25, -0.2) is 8.42 Å². The van der Waals surface area contributed by atoms with Crippen molar-refractivity contribution in [2.24, 2.45) is 0 Å². The van der Waals surface area contributed by atoms with E-state index in [0.29, 0.717) is 6.54 Å². The van der Waals surface area contributed by atoms with Crippen molar-refractivity contribution in [1.29, 1.82) is 0 Å². The minimum Gasteiger partial charge on any atom is -0.394 e. The smallest absolute Gasteiger partial charge is 0.248 e. The molecule has 2 unspecified atom stereocenters. The van der Waals surface area contributed by atoms with E-state index in [1.54, 1.807) is 6.92 Å². The number of anilines is 1. The number of hydrogen-bond donors (Lipinski definition) is 2. The molecule has 0 radical (unpaired) electrons. The van der Waals surface area contributed by atoms with Crippen LogP contribution in [-0.2, 0) is 21.3 Å². The molecule has 2 atom stereocenters. The lowest BCUT2D eigenvalue weighted by Gasteiger charge is -2.36. The molecule has 20 heavy (non-hydrogen) atoms. The van der Waals surface area contributed by atoms with Crippen LogP contribution in [0.4, 0.5) is 5.82 Å². The number of hydrogen-bond acceptors (Lipinski definition) is 6. The highest BCUT2D eigenvalue weighted by molar-refractivity contribution is 7.89. The number of morpholine rings is 1. The molecule has 8 nitrogen and oxygen atoms in total. The van der Waals surface area contributed by atoms with E-state index < -0.39 is 16.1 Å². The molecular weight excluding hydrogens is 284 g/mol. The molecule has 1 aromatic heterocycles. The fourth-order valence-corrected chi connectivity index (χ4v) is 3.85. The van der Waals surface area contributed by atoms with Gasteiger partial charge in [-0.05, 0) is 13.8 Å². The van der Waals surface area contributed by atoms with Gasteiger partial charge in [-0.15, -0.1) is 0 Å². The minimum atomic E-state index is -3.74. The Kier molecular flexibility index (Phi) is 4.33. The number of rotatable bonds is 4. The summed E-state index contributed by atoms with van der Waals surface area (Å²) < 4.78 is 33.5.